The molecule has 12 heavy (non-hydrogen) atoms. The molecule has 0 unspecified atom stereocenters. The molecule has 0 fully saturated rings. The highest BCUT2D eigenvalue weighted by atomic mass is 16.5. The average Bonchev–Trinajstić information content (AvgIpc) is 2.03. The normalized spacial score (nSPS) is 10.0. The van der Waals surface area contributed by atoms with Crippen LogP contribution in [0.1, 0.15) is 47.0 Å². The van der Waals surface area contributed by atoms with Gasteiger partial charge in [-0.15, -0.1) is 0 Å². The zero-order chi connectivity index (χ0) is 9.40. The lowest BCUT2D eigenvalue weighted by atomic mass is 10.1. The van der Waals surface area contributed by atoms with Crippen LogP contribution in [0.3, 0.4) is 0 Å². The molecule has 0 aromatic heterocycles. The van der Waals surface area contributed by atoms with Crippen molar-refractivity contribution in [2.75, 3.05) is 13.2 Å². The van der Waals surface area contributed by atoms with Gasteiger partial charge in [-0.05, 0) is 47.0 Å². The fraction of sp³-hybridized carbons (Fsp3) is 0.818. The third kappa shape index (κ3) is 6.41. The molecule has 1 heteroatoms. The highest BCUT2D eigenvalue weighted by Gasteiger charge is 1.93. The maximum Gasteiger partial charge on any atom is 0.0466 e. The summed E-state index contributed by atoms with van der Waals surface area (Å²) in [5.41, 5.74) is 3.00. The van der Waals surface area contributed by atoms with Gasteiger partial charge in [-0.3, -0.25) is 0 Å². The number of allylic oxidation sites excluding steroid dienone is 2. The summed E-state index contributed by atoms with van der Waals surface area (Å²) in [5.74, 6) is 0. The number of rotatable bonds is 6. The van der Waals surface area contributed by atoms with E-state index in [-0.39, 0.29) is 0 Å². The molecule has 0 heterocycles. The van der Waals surface area contributed by atoms with Gasteiger partial charge < -0.3 is 4.74 Å². The predicted molar refractivity (Wildman–Crippen MR) is 54.4 cm³/mol. The number of ether oxygens (including phenoxy) is 1. The van der Waals surface area contributed by atoms with Crippen molar-refractivity contribution in [3.8, 4) is 0 Å². The van der Waals surface area contributed by atoms with Crippen LogP contribution in [0, 0.1) is 0 Å². The Hall–Kier alpha value is -0.300. The molecule has 0 spiro atoms. The van der Waals surface area contributed by atoms with Crippen molar-refractivity contribution in [3.63, 3.8) is 0 Å². The first-order valence-electron chi connectivity index (χ1n) is 4.89. The van der Waals surface area contributed by atoms with Gasteiger partial charge in [-0.2, -0.15) is 0 Å². The second kappa shape index (κ2) is 7.35. The van der Waals surface area contributed by atoms with Crippen molar-refractivity contribution in [1.29, 1.82) is 0 Å². The largest absolute Gasteiger partial charge is 0.382 e. The summed E-state index contributed by atoms with van der Waals surface area (Å²) in [5, 5.41) is 0. The molecule has 0 aromatic carbocycles. The van der Waals surface area contributed by atoms with Gasteiger partial charge in [0.2, 0.25) is 0 Å². The van der Waals surface area contributed by atoms with Crippen LogP contribution in [-0.2, 0) is 4.74 Å². The fourth-order valence-corrected chi connectivity index (χ4v) is 0.989. The molecule has 0 saturated heterocycles. The zero-order valence-corrected chi connectivity index (χ0v) is 8.94. The molecule has 0 aliphatic carbocycles. The lowest BCUT2D eigenvalue weighted by molar-refractivity contribution is 0.143. The van der Waals surface area contributed by atoms with Crippen LogP contribution in [0.4, 0.5) is 0 Å². The van der Waals surface area contributed by atoms with E-state index in [4.69, 9.17) is 4.74 Å². The molecular formula is C11H22O. The monoisotopic (exact) mass is 170 g/mol. The maximum atomic E-state index is 5.26. The van der Waals surface area contributed by atoms with Gasteiger partial charge in [0, 0.05) is 13.2 Å². The summed E-state index contributed by atoms with van der Waals surface area (Å²) in [6.45, 7) is 10.4. The van der Waals surface area contributed by atoms with E-state index in [0.717, 1.165) is 13.2 Å². The molecule has 0 N–H and O–H groups in total. The second-order valence-electron chi connectivity index (χ2n) is 3.43. The van der Waals surface area contributed by atoms with Crippen molar-refractivity contribution in [2.24, 2.45) is 0 Å². The Kier molecular flexibility index (Phi) is 7.17. The van der Waals surface area contributed by atoms with E-state index in [1.165, 1.54) is 30.4 Å². The Bertz CT molecular complexity index is 132. The van der Waals surface area contributed by atoms with Crippen molar-refractivity contribution >= 4 is 0 Å². The fourth-order valence-electron chi connectivity index (χ4n) is 0.989. The van der Waals surface area contributed by atoms with Gasteiger partial charge in [0.15, 0.2) is 0 Å². The molecule has 0 saturated carbocycles. The molecule has 0 aliphatic rings. The highest BCUT2D eigenvalue weighted by Crippen LogP contribution is 2.10. The van der Waals surface area contributed by atoms with Crippen LogP contribution in [0.25, 0.3) is 0 Å². The first-order valence-corrected chi connectivity index (χ1v) is 4.89. The van der Waals surface area contributed by atoms with Gasteiger partial charge in [0.1, 0.15) is 0 Å². The van der Waals surface area contributed by atoms with E-state index < -0.39 is 0 Å². The number of unbranched alkanes of at least 4 members (excludes halogenated alkanes) is 1. The predicted octanol–water partition coefficient (Wildman–Crippen LogP) is 3.55. The molecular weight excluding hydrogens is 148 g/mol. The number of hydrogen-bond donors (Lipinski definition) is 0. The van der Waals surface area contributed by atoms with Crippen LogP contribution < -0.4 is 0 Å². The molecule has 72 valence electrons. The summed E-state index contributed by atoms with van der Waals surface area (Å²) in [6, 6.07) is 0. The minimum atomic E-state index is 0.849. The molecule has 0 bridgehead atoms. The Morgan fingerprint density at radius 2 is 1.75 bits per heavy atom. The lowest BCUT2D eigenvalue weighted by Gasteiger charge is -2.03. The third-order valence-electron chi connectivity index (χ3n) is 2.15. The first-order chi connectivity index (χ1) is 5.68. The summed E-state index contributed by atoms with van der Waals surface area (Å²) >= 11 is 0. The van der Waals surface area contributed by atoms with E-state index in [2.05, 4.69) is 20.8 Å². The van der Waals surface area contributed by atoms with Gasteiger partial charge in [0.25, 0.3) is 0 Å². The van der Waals surface area contributed by atoms with Crippen LogP contribution >= 0.6 is 0 Å². The van der Waals surface area contributed by atoms with Crippen LogP contribution in [0.5, 0.6) is 0 Å². The van der Waals surface area contributed by atoms with Gasteiger partial charge in [-0.1, -0.05) is 11.1 Å². The van der Waals surface area contributed by atoms with E-state index >= 15 is 0 Å². The lowest BCUT2D eigenvalue weighted by Crippen LogP contribution is -1.93. The van der Waals surface area contributed by atoms with Crippen LogP contribution in [0.2, 0.25) is 0 Å². The van der Waals surface area contributed by atoms with Crippen molar-refractivity contribution in [3.05, 3.63) is 11.1 Å². The Balaban J connectivity index is 3.26. The molecule has 0 aliphatic heterocycles. The summed E-state index contributed by atoms with van der Waals surface area (Å²) in [7, 11) is 0. The van der Waals surface area contributed by atoms with E-state index in [1.807, 2.05) is 6.92 Å². The average molecular weight is 170 g/mol. The van der Waals surface area contributed by atoms with Gasteiger partial charge in [-0.25, -0.2) is 0 Å². The number of hydrogen-bond acceptors (Lipinski definition) is 1. The summed E-state index contributed by atoms with van der Waals surface area (Å²) < 4.78 is 5.26. The Morgan fingerprint density at radius 1 is 1.08 bits per heavy atom. The molecule has 0 amide bonds. The van der Waals surface area contributed by atoms with Crippen LogP contribution in [0.15, 0.2) is 11.1 Å². The van der Waals surface area contributed by atoms with Crippen molar-refractivity contribution < 1.29 is 4.74 Å². The smallest absolute Gasteiger partial charge is 0.0466 e. The van der Waals surface area contributed by atoms with Crippen molar-refractivity contribution in [1.82, 2.24) is 0 Å². The molecule has 0 atom stereocenters. The topological polar surface area (TPSA) is 9.23 Å². The third-order valence-corrected chi connectivity index (χ3v) is 2.15. The first kappa shape index (κ1) is 11.7. The minimum absolute atomic E-state index is 0.849. The molecule has 1 nitrogen and oxygen atoms in total. The molecule has 0 rings (SSSR count). The quantitative estimate of drug-likeness (QED) is 0.437. The van der Waals surface area contributed by atoms with E-state index in [0.29, 0.717) is 0 Å². The highest BCUT2D eigenvalue weighted by molar-refractivity contribution is 5.06. The summed E-state index contributed by atoms with van der Waals surface area (Å²) in [6.07, 6.45) is 3.69. The van der Waals surface area contributed by atoms with Gasteiger partial charge >= 0.3 is 0 Å². The zero-order valence-electron chi connectivity index (χ0n) is 8.94. The summed E-state index contributed by atoms with van der Waals surface area (Å²) in [4.78, 5) is 0. The maximum absolute atomic E-state index is 5.26. The molecule has 0 aromatic rings. The standard InChI is InChI=1S/C11H22O/c1-5-12-9-7-6-8-11(4)10(2)3/h5-9H2,1-4H3. The molecule has 0 radical (unpaired) electrons. The van der Waals surface area contributed by atoms with Crippen LogP contribution in [-0.4, -0.2) is 13.2 Å². The second-order valence-corrected chi connectivity index (χ2v) is 3.43. The van der Waals surface area contributed by atoms with E-state index in [9.17, 15) is 0 Å². The Morgan fingerprint density at radius 3 is 2.25 bits per heavy atom. The Labute approximate surface area is 76.8 Å². The van der Waals surface area contributed by atoms with Gasteiger partial charge in [0.05, 0.1) is 0 Å². The van der Waals surface area contributed by atoms with E-state index in [1.54, 1.807) is 0 Å². The van der Waals surface area contributed by atoms with Crippen molar-refractivity contribution in [2.45, 2.75) is 47.0 Å². The minimum Gasteiger partial charge on any atom is -0.382 e. The SMILES string of the molecule is CCOCCCCC(C)=C(C)C.